The Morgan fingerprint density at radius 2 is 2.11 bits per heavy atom. The molecule has 0 saturated carbocycles. The van der Waals surface area contributed by atoms with Gasteiger partial charge < -0.3 is 4.98 Å². The SMILES string of the molecule is c1ccc(-c2cn[nH]c2)c(SCc2c[nH]cn2)c1. The quantitative estimate of drug-likeness (QED) is 0.705. The van der Waals surface area contributed by atoms with E-state index in [0.29, 0.717) is 0 Å². The summed E-state index contributed by atoms with van der Waals surface area (Å²) in [5.41, 5.74) is 3.37. The smallest absolute Gasteiger partial charge is 0.0923 e. The van der Waals surface area contributed by atoms with E-state index < -0.39 is 0 Å². The molecule has 3 rings (SSSR count). The van der Waals surface area contributed by atoms with Crippen LogP contribution in [-0.4, -0.2) is 20.2 Å². The van der Waals surface area contributed by atoms with Crippen molar-refractivity contribution in [3.05, 3.63) is 54.9 Å². The Morgan fingerprint density at radius 3 is 2.89 bits per heavy atom. The number of aromatic nitrogens is 4. The summed E-state index contributed by atoms with van der Waals surface area (Å²) in [5, 5.41) is 6.85. The van der Waals surface area contributed by atoms with Crippen molar-refractivity contribution in [1.29, 1.82) is 0 Å². The molecule has 2 aromatic heterocycles. The van der Waals surface area contributed by atoms with Crippen LogP contribution in [0.5, 0.6) is 0 Å². The van der Waals surface area contributed by atoms with Crippen LogP contribution >= 0.6 is 11.8 Å². The zero-order valence-corrected chi connectivity index (χ0v) is 10.4. The highest BCUT2D eigenvalue weighted by molar-refractivity contribution is 7.98. The number of aromatic amines is 2. The third-order valence-corrected chi connectivity index (χ3v) is 3.73. The van der Waals surface area contributed by atoms with Gasteiger partial charge in [0.2, 0.25) is 0 Å². The maximum Gasteiger partial charge on any atom is 0.0923 e. The third-order valence-electron chi connectivity index (χ3n) is 2.63. The molecule has 90 valence electrons. The molecule has 0 fully saturated rings. The maximum atomic E-state index is 4.23. The van der Waals surface area contributed by atoms with Crippen LogP contribution in [0, 0.1) is 0 Å². The van der Waals surface area contributed by atoms with Gasteiger partial charge in [-0.05, 0) is 11.6 Å². The van der Waals surface area contributed by atoms with E-state index >= 15 is 0 Å². The zero-order valence-electron chi connectivity index (χ0n) is 9.63. The molecule has 0 aliphatic heterocycles. The van der Waals surface area contributed by atoms with Crippen molar-refractivity contribution in [3.63, 3.8) is 0 Å². The molecule has 2 N–H and O–H groups in total. The average molecular weight is 256 g/mol. The first-order valence-corrected chi connectivity index (χ1v) is 6.60. The Morgan fingerprint density at radius 1 is 1.17 bits per heavy atom. The molecule has 0 aliphatic carbocycles. The number of thioether (sulfide) groups is 1. The van der Waals surface area contributed by atoms with Gasteiger partial charge in [0.1, 0.15) is 0 Å². The largest absolute Gasteiger partial charge is 0.351 e. The Labute approximate surface area is 109 Å². The van der Waals surface area contributed by atoms with Gasteiger partial charge >= 0.3 is 0 Å². The first kappa shape index (κ1) is 11.1. The first-order valence-electron chi connectivity index (χ1n) is 5.62. The average Bonchev–Trinajstić information content (AvgIpc) is 3.10. The van der Waals surface area contributed by atoms with E-state index in [1.54, 1.807) is 18.1 Å². The minimum absolute atomic E-state index is 0.859. The van der Waals surface area contributed by atoms with Crippen molar-refractivity contribution in [2.45, 2.75) is 10.6 Å². The molecule has 0 unspecified atom stereocenters. The second kappa shape index (κ2) is 5.10. The third kappa shape index (κ3) is 2.31. The summed E-state index contributed by atoms with van der Waals surface area (Å²) in [7, 11) is 0. The van der Waals surface area contributed by atoms with Crippen LogP contribution in [0.25, 0.3) is 11.1 Å². The predicted octanol–water partition coefficient (Wildman–Crippen LogP) is 3.09. The molecule has 4 nitrogen and oxygen atoms in total. The maximum absolute atomic E-state index is 4.23. The van der Waals surface area contributed by atoms with Crippen molar-refractivity contribution >= 4 is 11.8 Å². The van der Waals surface area contributed by atoms with E-state index in [9.17, 15) is 0 Å². The second-order valence-electron chi connectivity index (χ2n) is 3.83. The molecule has 0 atom stereocenters. The summed E-state index contributed by atoms with van der Waals surface area (Å²) >= 11 is 1.78. The first-order chi connectivity index (χ1) is 8.93. The van der Waals surface area contributed by atoms with Gasteiger partial charge in [-0.3, -0.25) is 5.10 Å². The monoisotopic (exact) mass is 256 g/mol. The summed E-state index contributed by atoms with van der Waals surface area (Å²) in [5.74, 6) is 0.859. The van der Waals surface area contributed by atoms with Gasteiger partial charge in [0.15, 0.2) is 0 Å². The van der Waals surface area contributed by atoms with Crippen LogP contribution in [0.1, 0.15) is 5.69 Å². The molecule has 0 amide bonds. The molecule has 0 aliphatic rings. The van der Waals surface area contributed by atoms with E-state index in [-0.39, 0.29) is 0 Å². The zero-order chi connectivity index (χ0) is 12.2. The highest BCUT2D eigenvalue weighted by Gasteiger charge is 2.06. The minimum atomic E-state index is 0.859. The summed E-state index contributed by atoms with van der Waals surface area (Å²) in [6.45, 7) is 0. The fourth-order valence-corrected chi connectivity index (χ4v) is 2.73. The minimum Gasteiger partial charge on any atom is -0.351 e. The normalized spacial score (nSPS) is 10.7. The van der Waals surface area contributed by atoms with Crippen molar-refractivity contribution < 1.29 is 0 Å². The van der Waals surface area contributed by atoms with Gasteiger partial charge in [-0.2, -0.15) is 5.10 Å². The molecular weight excluding hydrogens is 244 g/mol. The lowest BCUT2D eigenvalue weighted by Crippen LogP contribution is -1.83. The lowest BCUT2D eigenvalue weighted by atomic mass is 10.1. The fourth-order valence-electron chi connectivity index (χ4n) is 1.75. The number of nitrogens with zero attached hydrogens (tertiary/aromatic N) is 2. The molecule has 0 saturated heterocycles. The van der Waals surface area contributed by atoms with E-state index in [1.165, 1.54) is 10.5 Å². The van der Waals surface area contributed by atoms with Gasteiger partial charge in [-0.1, -0.05) is 18.2 Å². The summed E-state index contributed by atoms with van der Waals surface area (Å²) in [4.78, 5) is 8.44. The van der Waals surface area contributed by atoms with Crippen molar-refractivity contribution in [3.8, 4) is 11.1 Å². The number of H-pyrrole nitrogens is 2. The van der Waals surface area contributed by atoms with Crippen LogP contribution in [0.3, 0.4) is 0 Å². The molecule has 18 heavy (non-hydrogen) atoms. The summed E-state index contributed by atoms with van der Waals surface area (Å²) in [6.07, 6.45) is 7.38. The highest BCUT2D eigenvalue weighted by atomic mass is 32.2. The number of nitrogens with one attached hydrogen (secondary N) is 2. The van der Waals surface area contributed by atoms with Crippen molar-refractivity contribution in [1.82, 2.24) is 20.2 Å². The van der Waals surface area contributed by atoms with Crippen molar-refractivity contribution in [2.75, 3.05) is 0 Å². The number of hydrogen-bond acceptors (Lipinski definition) is 3. The Hall–Kier alpha value is -2.01. The fraction of sp³-hybridized carbons (Fsp3) is 0.0769. The van der Waals surface area contributed by atoms with E-state index in [4.69, 9.17) is 0 Å². The van der Waals surface area contributed by atoms with Gasteiger partial charge in [-0.25, -0.2) is 4.98 Å². The van der Waals surface area contributed by atoms with E-state index in [1.807, 2.05) is 24.7 Å². The molecule has 0 bridgehead atoms. The molecule has 5 heteroatoms. The molecule has 0 radical (unpaired) electrons. The Kier molecular flexibility index (Phi) is 3.14. The van der Waals surface area contributed by atoms with E-state index in [2.05, 4.69) is 38.4 Å². The number of rotatable bonds is 4. The number of hydrogen-bond donors (Lipinski definition) is 2. The van der Waals surface area contributed by atoms with Crippen LogP contribution < -0.4 is 0 Å². The topological polar surface area (TPSA) is 57.4 Å². The lowest BCUT2D eigenvalue weighted by molar-refractivity contribution is 1.09. The van der Waals surface area contributed by atoms with Crippen LogP contribution in [0.4, 0.5) is 0 Å². The number of imidazole rings is 1. The number of benzene rings is 1. The van der Waals surface area contributed by atoms with Gasteiger partial charge in [-0.15, -0.1) is 11.8 Å². The summed E-state index contributed by atoms with van der Waals surface area (Å²) in [6, 6.07) is 8.33. The van der Waals surface area contributed by atoms with Gasteiger partial charge in [0, 0.05) is 28.6 Å². The predicted molar refractivity (Wildman–Crippen MR) is 72.2 cm³/mol. The summed E-state index contributed by atoms with van der Waals surface area (Å²) < 4.78 is 0. The Bertz CT molecular complexity index is 602. The van der Waals surface area contributed by atoms with Crippen LogP contribution in [0.2, 0.25) is 0 Å². The molecule has 1 aromatic carbocycles. The molecule has 3 aromatic rings. The lowest BCUT2D eigenvalue weighted by Gasteiger charge is -2.06. The van der Waals surface area contributed by atoms with E-state index in [0.717, 1.165) is 17.0 Å². The van der Waals surface area contributed by atoms with Crippen molar-refractivity contribution in [2.24, 2.45) is 0 Å². The molecule has 2 heterocycles. The molecular formula is C13H12N4S. The standard InChI is InChI=1S/C13H12N4S/c1-2-4-13(18-8-11-7-14-9-15-11)12(3-1)10-5-16-17-6-10/h1-7,9H,8H2,(H,14,15)(H,16,17). The Balaban J connectivity index is 1.84. The highest BCUT2D eigenvalue weighted by Crippen LogP contribution is 2.32. The van der Waals surface area contributed by atoms with Crippen LogP contribution in [0.15, 0.2) is 54.1 Å². The second-order valence-corrected chi connectivity index (χ2v) is 4.85. The van der Waals surface area contributed by atoms with Gasteiger partial charge in [0.05, 0.1) is 18.2 Å². The van der Waals surface area contributed by atoms with Gasteiger partial charge in [0.25, 0.3) is 0 Å². The molecule has 0 spiro atoms. The van der Waals surface area contributed by atoms with Crippen LogP contribution in [-0.2, 0) is 5.75 Å².